The summed E-state index contributed by atoms with van der Waals surface area (Å²) in [5.41, 5.74) is 13.7. The molecule has 0 aliphatic carbocycles. The fourth-order valence-corrected chi connectivity index (χ4v) is 4.91. The average Bonchev–Trinajstić information content (AvgIpc) is 3.32. The van der Waals surface area contributed by atoms with Crippen molar-refractivity contribution >= 4 is 44.8 Å². The van der Waals surface area contributed by atoms with E-state index in [2.05, 4.69) is 45.2 Å². The molecule has 3 aromatic carbocycles. The molecule has 3 N–H and O–H groups in total. The maximum Gasteiger partial charge on any atom is 0.127 e. The van der Waals surface area contributed by atoms with Crippen LogP contribution in [0, 0.1) is 9.39 Å². The van der Waals surface area contributed by atoms with Gasteiger partial charge in [0.15, 0.2) is 0 Å². The van der Waals surface area contributed by atoms with Crippen molar-refractivity contribution in [3.63, 3.8) is 0 Å². The number of rotatable bonds is 6. The Hall–Kier alpha value is -3.85. The first-order chi connectivity index (χ1) is 17.4. The second kappa shape index (κ2) is 9.66. The van der Waals surface area contributed by atoms with E-state index in [1.54, 1.807) is 25.6 Å². The minimum absolute atomic E-state index is 0.377. The number of aromatic amines is 1. The third-order valence-corrected chi connectivity index (χ3v) is 6.73. The van der Waals surface area contributed by atoms with Gasteiger partial charge in [-0.2, -0.15) is 0 Å². The minimum Gasteiger partial charge on any atom is -0.497 e. The van der Waals surface area contributed by atoms with Crippen molar-refractivity contribution in [1.82, 2.24) is 9.97 Å². The van der Waals surface area contributed by atoms with Gasteiger partial charge in [0.05, 0.1) is 25.9 Å². The van der Waals surface area contributed by atoms with E-state index < -0.39 is 0 Å². The molecule has 0 spiro atoms. The van der Waals surface area contributed by atoms with E-state index >= 15 is 0 Å². The number of ether oxygens (including phenoxy) is 2. The largest absolute Gasteiger partial charge is 0.497 e. The number of halogens is 2. The molecule has 5 nitrogen and oxygen atoms in total. The highest BCUT2D eigenvalue weighted by Gasteiger charge is 2.15. The summed E-state index contributed by atoms with van der Waals surface area (Å²) in [6.45, 7) is 4.34. The van der Waals surface area contributed by atoms with Crippen molar-refractivity contribution in [1.29, 1.82) is 0 Å². The molecule has 0 bridgehead atoms. The summed E-state index contributed by atoms with van der Waals surface area (Å²) >= 11 is 2.28. The molecule has 0 aliphatic rings. The predicted octanol–water partition coefficient (Wildman–Crippen LogP) is 7.30. The highest BCUT2D eigenvalue weighted by atomic mass is 127. The number of nitrogens with zero attached hydrogens (tertiary/aromatic N) is 1. The van der Waals surface area contributed by atoms with Crippen molar-refractivity contribution < 1.29 is 13.9 Å². The first kappa shape index (κ1) is 23.9. The maximum absolute atomic E-state index is 14.2. The fourth-order valence-electron chi connectivity index (χ4n) is 4.27. The van der Waals surface area contributed by atoms with E-state index in [0.29, 0.717) is 17.0 Å². The van der Waals surface area contributed by atoms with Crippen LogP contribution in [0.1, 0.15) is 11.3 Å². The summed E-state index contributed by atoms with van der Waals surface area (Å²) in [6.07, 6.45) is 3.46. The summed E-state index contributed by atoms with van der Waals surface area (Å²) in [4.78, 5) is 7.75. The normalized spacial score (nSPS) is 11.0. The number of benzene rings is 3. The number of H-pyrrole nitrogens is 1. The molecule has 0 saturated carbocycles. The monoisotopic (exact) mass is 591 g/mol. The van der Waals surface area contributed by atoms with Crippen LogP contribution < -0.4 is 15.2 Å². The Balaban J connectivity index is 1.58. The molecular weight excluding hydrogens is 568 g/mol. The zero-order chi connectivity index (χ0) is 25.4. The maximum atomic E-state index is 14.2. The molecule has 7 heteroatoms. The molecule has 0 unspecified atom stereocenters. The number of pyridine rings is 1. The van der Waals surface area contributed by atoms with E-state index in [9.17, 15) is 4.39 Å². The highest BCUT2D eigenvalue weighted by Crippen LogP contribution is 2.36. The van der Waals surface area contributed by atoms with Crippen molar-refractivity contribution in [3.05, 3.63) is 100 Å². The van der Waals surface area contributed by atoms with E-state index in [1.807, 2.05) is 36.4 Å². The standard InChI is InChI=1S/C29H23FIN3O2/c1-16(24-10-17(4-5-27(24)32)18-7-21(31)12-23(8-18)36-3)28-13-25-26(14-33-15-29(25)34-28)19-6-20(30)11-22(9-19)35-2/h4-15,34H,1,32H2,2-3H3. The molecule has 2 heterocycles. The van der Waals surface area contributed by atoms with Crippen LogP contribution >= 0.6 is 22.6 Å². The summed E-state index contributed by atoms with van der Waals surface area (Å²) in [6, 6.07) is 18.6. The first-order valence-corrected chi connectivity index (χ1v) is 12.2. The van der Waals surface area contributed by atoms with E-state index in [-0.39, 0.29) is 5.82 Å². The molecule has 0 aliphatic heterocycles. The Morgan fingerprint density at radius 3 is 2.44 bits per heavy atom. The second-order valence-electron chi connectivity index (χ2n) is 8.37. The van der Waals surface area contributed by atoms with Gasteiger partial charge in [-0.25, -0.2) is 4.39 Å². The number of nitrogens with two attached hydrogens (primary N) is 1. The third-order valence-electron chi connectivity index (χ3n) is 6.11. The number of aromatic nitrogens is 2. The van der Waals surface area contributed by atoms with Gasteiger partial charge in [0.2, 0.25) is 0 Å². The Kier molecular flexibility index (Phi) is 6.40. The molecule has 0 saturated heterocycles. The van der Waals surface area contributed by atoms with Crippen molar-refractivity contribution in [2.24, 2.45) is 0 Å². The van der Waals surface area contributed by atoms with Crippen LogP contribution in [0.5, 0.6) is 11.5 Å². The molecule has 0 fully saturated rings. The summed E-state index contributed by atoms with van der Waals surface area (Å²) in [5.74, 6) is 0.857. The van der Waals surface area contributed by atoms with Gasteiger partial charge in [0.1, 0.15) is 17.3 Å². The van der Waals surface area contributed by atoms with Gasteiger partial charge >= 0.3 is 0 Å². The molecule has 0 radical (unpaired) electrons. The van der Waals surface area contributed by atoms with Crippen LogP contribution in [0.15, 0.2) is 79.6 Å². The van der Waals surface area contributed by atoms with Gasteiger partial charge in [0, 0.05) is 49.3 Å². The zero-order valence-electron chi connectivity index (χ0n) is 19.7. The van der Waals surface area contributed by atoms with Gasteiger partial charge in [-0.15, -0.1) is 0 Å². The van der Waals surface area contributed by atoms with Crippen molar-refractivity contribution in [2.75, 3.05) is 20.0 Å². The van der Waals surface area contributed by atoms with Crippen LogP contribution in [0.2, 0.25) is 0 Å². The average molecular weight is 591 g/mol. The fraction of sp³-hybridized carbons (Fsp3) is 0.0690. The lowest BCUT2D eigenvalue weighted by Crippen LogP contribution is -1.96. The number of hydrogen-bond donors (Lipinski definition) is 2. The SMILES string of the molecule is C=C(c1cc2c(-c3cc(F)cc(OC)c3)cncc2[nH]1)c1cc(-c2cc(I)cc(OC)c2)ccc1N. The summed E-state index contributed by atoms with van der Waals surface area (Å²) < 4.78 is 26.0. The van der Waals surface area contributed by atoms with Gasteiger partial charge in [0.25, 0.3) is 0 Å². The predicted molar refractivity (Wildman–Crippen MR) is 152 cm³/mol. The molecule has 180 valence electrons. The zero-order valence-corrected chi connectivity index (χ0v) is 21.9. The summed E-state index contributed by atoms with van der Waals surface area (Å²) in [5, 5.41) is 0.894. The lowest BCUT2D eigenvalue weighted by molar-refractivity contribution is 0.411. The molecule has 5 rings (SSSR count). The third kappa shape index (κ3) is 4.54. The van der Waals surface area contributed by atoms with E-state index in [4.69, 9.17) is 15.2 Å². The lowest BCUT2D eigenvalue weighted by atomic mass is 9.96. The molecule has 0 atom stereocenters. The number of nitrogen functional groups attached to an aromatic ring is 1. The van der Waals surface area contributed by atoms with Crippen LogP contribution in [-0.2, 0) is 0 Å². The topological polar surface area (TPSA) is 73.2 Å². The highest BCUT2D eigenvalue weighted by molar-refractivity contribution is 14.1. The Bertz CT molecular complexity index is 1630. The summed E-state index contributed by atoms with van der Waals surface area (Å²) in [7, 11) is 3.17. The smallest absolute Gasteiger partial charge is 0.127 e. The van der Waals surface area contributed by atoms with Gasteiger partial charge in [-0.3, -0.25) is 4.98 Å². The molecule has 5 aromatic rings. The lowest BCUT2D eigenvalue weighted by Gasteiger charge is -2.12. The van der Waals surface area contributed by atoms with E-state index in [0.717, 1.165) is 53.7 Å². The number of nitrogens with one attached hydrogen (secondary N) is 1. The van der Waals surface area contributed by atoms with Crippen LogP contribution in [0.4, 0.5) is 10.1 Å². The quantitative estimate of drug-likeness (QED) is 0.161. The Morgan fingerprint density at radius 2 is 1.67 bits per heavy atom. The number of anilines is 1. The molecule has 36 heavy (non-hydrogen) atoms. The second-order valence-corrected chi connectivity index (χ2v) is 9.62. The number of fused-ring (bicyclic) bond motifs is 1. The van der Waals surface area contributed by atoms with Gasteiger partial charge < -0.3 is 20.2 Å². The minimum atomic E-state index is -0.377. The van der Waals surface area contributed by atoms with Crippen molar-refractivity contribution in [3.8, 4) is 33.8 Å². The van der Waals surface area contributed by atoms with Crippen LogP contribution in [0.25, 0.3) is 38.7 Å². The molecule has 0 amide bonds. The van der Waals surface area contributed by atoms with Gasteiger partial charge in [-0.1, -0.05) is 12.6 Å². The number of methoxy groups -OCH3 is 2. The Morgan fingerprint density at radius 1 is 0.917 bits per heavy atom. The number of hydrogen-bond acceptors (Lipinski definition) is 4. The van der Waals surface area contributed by atoms with Gasteiger partial charge in [-0.05, 0) is 87.8 Å². The van der Waals surface area contributed by atoms with Crippen molar-refractivity contribution in [2.45, 2.75) is 0 Å². The molecular formula is C29H23FIN3O2. The molecule has 2 aromatic heterocycles. The first-order valence-electron chi connectivity index (χ1n) is 11.1. The van der Waals surface area contributed by atoms with Crippen LogP contribution in [-0.4, -0.2) is 24.2 Å². The van der Waals surface area contributed by atoms with Crippen LogP contribution in [0.3, 0.4) is 0 Å². The van der Waals surface area contributed by atoms with E-state index in [1.165, 1.54) is 19.2 Å². The Labute approximate surface area is 221 Å².